The lowest BCUT2D eigenvalue weighted by atomic mass is 9.74. The van der Waals surface area contributed by atoms with Gasteiger partial charge in [0.2, 0.25) is 11.8 Å². The molecule has 3 atom stereocenters. The number of benzene rings is 1. The summed E-state index contributed by atoms with van der Waals surface area (Å²) < 4.78 is 0. The molecule has 3 aromatic rings. The number of pyridine rings is 1. The zero-order valence-corrected chi connectivity index (χ0v) is 25.0. The van der Waals surface area contributed by atoms with Crippen molar-refractivity contribution >= 4 is 40.1 Å². The minimum Gasteiger partial charge on any atom is -0.481 e. The summed E-state index contributed by atoms with van der Waals surface area (Å²) >= 11 is 1.34. The lowest BCUT2D eigenvalue weighted by molar-refractivity contribution is -0.142. The third-order valence-electron chi connectivity index (χ3n) is 9.43. The van der Waals surface area contributed by atoms with E-state index in [1.54, 1.807) is 16.0 Å². The predicted octanol–water partition coefficient (Wildman–Crippen LogP) is 5.77. The second kappa shape index (κ2) is 12.9. The molecule has 4 heterocycles. The third-order valence-corrected chi connectivity index (χ3v) is 10.3. The van der Waals surface area contributed by atoms with Crippen LogP contribution in [0.5, 0.6) is 0 Å². The van der Waals surface area contributed by atoms with Crippen molar-refractivity contribution in [2.45, 2.75) is 70.3 Å². The second-order valence-corrected chi connectivity index (χ2v) is 12.8. The van der Waals surface area contributed by atoms with Gasteiger partial charge < -0.3 is 10.2 Å². The molecule has 6 rings (SSSR count). The molecule has 3 aliphatic rings. The molecule has 226 valence electrons. The fraction of sp³-hybridized carbons (Fsp3) is 0.485. The van der Waals surface area contributed by atoms with Crippen LogP contribution in [0.1, 0.15) is 64.2 Å². The normalized spacial score (nSPS) is 23.5. The first-order valence-electron chi connectivity index (χ1n) is 15.4. The molecule has 2 saturated heterocycles. The SMILES string of the molecule is O=C(O)C[C@@H]1C(=O)N(c2nc(-c3ccccc3-c3ccc(N4CCCC4=O)nc3)cs2)[C@@H](CO)CCC[C@@H]1C1CCCC1. The van der Waals surface area contributed by atoms with Gasteiger partial charge in [-0.1, -0.05) is 56.4 Å². The lowest BCUT2D eigenvalue weighted by Crippen LogP contribution is -2.50. The van der Waals surface area contributed by atoms with Crippen LogP contribution in [0.25, 0.3) is 22.4 Å². The van der Waals surface area contributed by atoms with E-state index in [1.807, 2.05) is 41.8 Å². The highest BCUT2D eigenvalue weighted by atomic mass is 32.1. The van der Waals surface area contributed by atoms with E-state index in [-0.39, 0.29) is 30.8 Å². The third kappa shape index (κ3) is 6.08. The van der Waals surface area contributed by atoms with Gasteiger partial charge in [-0.05, 0) is 48.8 Å². The first-order chi connectivity index (χ1) is 20.9. The van der Waals surface area contributed by atoms with Crippen LogP contribution in [0.15, 0.2) is 48.0 Å². The van der Waals surface area contributed by atoms with Crippen molar-refractivity contribution in [1.29, 1.82) is 0 Å². The number of aliphatic hydroxyl groups excluding tert-OH is 1. The number of aromatic nitrogens is 2. The molecule has 0 radical (unpaired) electrons. The molecule has 10 heteroatoms. The number of aliphatic carboxylic acids is 1. The number of anilines is 2. The van der Waals surface area contributed by atoms with Crippen molar-refractivity contribution in [3.63, 3.8) is 0 Å². The molecule has 1 saturated carbocycles. The number of hydrogen-bond acceptors (Lipinski definition) is 7. The van der Waals surface area contributed by atoms with E-state index in [9.17, 15) is 24.6 Å². The van der Waals surface area contributed by atoms with Gasteiger partial charge in [0.05, 0.1) is 30.7 Å². The highest BCUT2D eigenvalue weighted by Crippen LogP contribution is 2.43. The van der Waals surface area contributed by atoms with Crippen LogP contribution in [-0.4, -0.2) is 57.2 Å². The Kier molecular flexibility index (Phi) is 8.85. The summed E-state index contributed by atoms with van der Waals surface area (Å²) in [6, 6.07) is 11.3. The van der Waals surface area contributed by atoms with Crippen LogP contribution in [0.4, 0.5) is 10.9 Å². The van der Waals surface area contributed by atoms with Gasteiger partial charge in [0, 0.05) is 35.7 Å². The zero-order valence-electron chi connectivity index (χ0n) is 24.2. The maximum Gasteiger partial charge on any atom is 0.304 e. The average molecular weight is 603 g/mol. The molecule has 0 unspecified atom stereocenters. The second-order valence-electron chi connectivity index (χ2n) is 12.0. The van der Waals surface area contributed by atoms with Gasteiger partial charge in [0.15, 0.2) is 5.13 Å². The molecule has 2 N–H and O–H groups in total. The summed E-state index contributed by atoms with van der Waals surface area (Å²) in [5.41, 5.74) is 3.39. The highest BCUT2D eigenvalue weighted by Gasteiger charge is 2.43. The molecular weight excluding hydrogens is 564 g/mol. The summed E-state index contributed by atoms with van der Waals surface area (Å²) in [7, 11) is 0. The lowest BCUT2D eigenvalue weighted by Gasteiger charge is -2.39. The Morgan fingerprint density at radius 1 is 0.977 bits per heavy atom. The number of thiazole rings is 1. The monoisotopic (exact) mass is 602 g/mol. The van der Waals surface area contributed by atoms with Crippen LogP contribution >= 0.6 is 11.3 Å². The molecule has 2 aromatic heterocycles. The van der Waals surface area contributed by atoms with Crippen molar-refractivity contribution < 1.29 is 24.6 Å². The Morgan fingerprint density at radius 2 is 1.77 bits per heavy atom. The van der Waals surface area contributed by atoms with E-state index in [0.29, 0.717) is 41.9 Å². The van der Waals surface area contributed by atoms with Gasteiger partial charge in [-0.3, -0.25) is 24.2 Å². The van der Waals surface area contributed by atoms with Crippen LogP contribution < -0.4 is 9.80 Å². The number of rotatable bonds is 8. The van der Waals surface area contributed by atoms with Gasteiger partial charge in [0.25, 0.3) is 0 Å². The van der Waals surface area contributed by atoms with Gasteiger partial charge in [-0.2, -0.15) is 0 Å². The summed E-state index contributed by atoms with van der Waals surface area (Å²) in [5.74, 6) is -0.703. The molecule has 2 aliphatic heterocycles. The molecule has 43 heavy (non-hydrogen) atoms. The topological polar surface area (TPSA) is 124 Å². The maximum absolute atomic E-state index is 14.3. The Morgan fingerprint density at radius 3 is 2.44 bits per heavy atom. The molecule has 3 fully saturated rings. The van der Waals surface area contributed by atoms with Gasteiger partial charge >= 0.3 is 5.97 Å². The number of carboxylic acid groups (broad SMARTS) is 1. The van der Waals surface area contributed by atoms with E-state index < -0.39 is 17.9 Å². The molecular formula is C33H38N4O5S. The van der Waals surface area contributed by atoms with Crippen molar-refractivity contribution in [2.24, 2.45) is 17.8 Å². The first kappa shape index (κ1) is 29.4. The van der Waals surface area contributed by atoms with Crippen molar-refractivity contribution in [1.82, 2.24) is 9.97 Å². The van der Waals surface area contributed by atoms with Gasteiger partial charge in [0.1, 0.15) is 5.82 Å². The largest absolute Gasteiger partial charge is 0.481 e. The molecule has 0 bridgehead atoms. The smallest absolute Gasteiger partial charge is 0.304 e. The summed E-state index contributed by atoms with van der Waals surface area (Å²) in [6.45, 7) is 0.477. The van der Waals surface area contributed by atoms with Crippen molar-refractivity contribution in [3.8, 4) is 22.4 Å². The molecule has 2 amide bonds. The Hall–Kier alpha value is -3.63. The number of carbonyl (C=O) groups is 3. The molecule has 9 nitrogen and oxygen atoms in total. The van der Waals surface area contributed by atoms with E-state index in [2.05, 4.69) is 4.98 Å². The van der Waals surface area contributed by atoms with Crippen LogP contribution in [-0.2, 0) is 14.4 Å². The van der Waals surface area contributed by atoms with E-state index in [4.69, 9.17) is 4.98 Å². The van der Waals surface area contributed by atoms with Crippen LogP contribution in [0, 0.1) is 17.8 Å². The quantitative estimate of drug-likeness (QED) is 0.335. The molecule has 0 spiro atoms. The van der Waals surface area contributed by atoms with E-state index in [0.717, 1.165) is 61.6 Å². The fourth-order valence-electron chi connectivity index (χ4n) is 7.31. The van der Waals surface area contributed by atoms with Crippen LogP contribution in [0.3, 0.4) is 0 Å². The zero-order chi connectivity index (χ0) is 29.9. The minimum atomic E-state index is -0.968. The molecule has 1 aliphatic carbocycles. The summed E-state index contributed by atoms with van der Waals surface area (Å²) in [5, 5.41) is 22.6. The maximum atomic E-state index is 14.3. The Labute approximate surface area is 255 Å². The number of carboxylic acids is 1. The van der Waals surface area contributed by atoms with Crippen molar-refractivity contribution in [3.05, 3.63) is 48.0 Å². The van der Waals surface area contributed by atoms with Gasteiger partial charge in [-0.25, -0.2) is 9.97 Å². The van der Waals surface area contributed by atoms with Crippen LogP contribution in [0.2, 0.25) is 0 Å². The standard InChI is InChI=1S/C33H38N4O5S/c38-19-23-9-5-12-24(21-7-1-2-8-21)27(17-31(40)41)32(42)37(23)33-35-28(20-43-33)26-11-4-3-10-25(26)22-14-15-29(34-18-22)36-16-6-13-30(36)39/h3-4,10-11,14-15,18,20-21,23-24,27,38H,1-2,5-9,12-13,16-17,19H2,(H,40,41)/t23-,24-,27+/m1/s1. The predicted molar refractivity (Wildman–Crippen MR) is 166 cm³/mol. The minimum absolute atomic E-state index is 0.0275. The molecule has 1 aromatic carbocycles. The number of hydrogen-bond donors (Lipinski definition) is 2. The number of amides is 2. The number of nitrogens with zero attached hydrogens (tertiary/aromatic N) is 4. The first-order valence-corrected chi connectivity index (χ1v) is 16.3. The van der Waals surface area contributed by atoms with E-state index in [1.165, 1.54) is 11.3 Å². The summed E-state index contributed by atoms with van der Waals surface area (Å²) in [4.78, 5) is 51.2. The van der Waals surface area contributed by atoms with Gasteiger partial charge in [-0.15, -0.1) is 11.3 Å². The Bertz CT molecular complexity index is 1470. The van der Waals surface area contributed by atoms with E-state index >= 15 is 0 Å². The summed E-state index contributed by atoms with van der Waals surface area (Å²) in [6.07, 6.45) is 9.59. The Balaban J connectivity index is 1.32. The number of aliphatic hydroxyl groups is 1. The highest BCUT2D eigenvalue weighted by molar-refractivity contribution is 7.14. The average Bonchev–Trinajstić information content (AvgIpc) is 3.80. The fourth-order valence-corrected chi connectivity index (χ4v) is 8.21. The van der Waals surface area contributed by atoms with Crippen molar-refractivity contribution in [2.75, 3.05) is 23.0 Å². The number of carbonyl (C=O) groups excluding carboxylic acids is 2.